The Hall–Kier alpha value is -2.48. The van der Waals surface area contributed by atoms with Crippen LogP contribution in [0.2, 0.25) is 0 Å². The summed E-state index contributed by atoms with van der Waals surface area (Å²) in [6.07, 6.45) is 0. The molecule has 0 heterocycles. The molecule has 0 aliphatic carbocycles. The van der Waals surface area contributed by atoms with E-state index in [0.717, 1.165) is 18.0 Å². The average molecular weight is 263 g/mol. The zero-order chi connectivity index (χ0) is 13.6. The van der Waals surface area contributed by atoms with Crippen LogP contribution in [0.4, 0.5) is 5.69 Å². The number of para-hydroxylation sites is 1. The van der Waals surface area contributed by atoms with Crippen LogP contribution in [-0.4, -0.2) is 13.2 Å². The second-order valence-electron chi connectivity index (χ2n) is 4.65. The maximum absolute atomic E-state index is 5.65. The topological polar surface area (TPSA) is 21.3 Å². The first-order valence-corrected chi connectivity index (χ1v) is 6.82. The van der Waals surface area contributed by atoms with Crippen LogP contribution in [0.25, 0.3) is 10.8 Å². The van der Waals surface area contributed by atoms with Crippen molar-refractivity contribution >= 4 is 16.5 Å². The number of benzene rings is 3. The molecule has 0 radical (unpaired) electrons. The fraction of sp³-hybridized carbons (Fsp3) is 0.111. The van der Waals surface area contributed by atoms with Crippen LogP contribution >= 0.6 is 0 Å². The van der Waals surface area contributed by atoms with Crippen molar-refractivity contribution in [2.24, 2.45) is 0 Å². The summed E-state index contributed by atoms with van der Waals surface area (Å²) in [4.78, 5) is 0. The third-order valence-corrected chi connectivity index (χ3v) is 3.19. The highest BCUT2D eigenvalue weighted by atomic mass is 16.5. The lowest BCUT2D eigenvalue weighted by Crippen LogP contribution is -2.11. The van der Waals surface area contributed by atoms with E-state index in [1.807, 2.05) is 30.3 Å². The van der Waals surface area contributed by atoms with Gasteiger partial charge >= 0.3 is 0 Å². The zero-order valence-electron chi connectivity index (χ0n) is 11.3. The first-order chi connectivity index (χ1) is 9.92. The number of ether oxygens (including phenoxy) is 1. The molecular formula is C18H17NO. The maximum atomic E-state index is 5.65. The highest BCUT2D eigenvalue weighted by molar-refractivity contribution is 5.85. The van der Waals surface area contributed by atoms with E-state index in [-0.39, 0.29) is 0 Å². The Morgan fingerprint density at radius 1 is 0.750 bits per heavy atom. The number of anilines is 1. The van der Waals surface area contributed by atoms with Gasteiger partial charge in [0.15, 0.2) is 0 Å². The van der Waals surface area contributed by atoms with Crippen LogP contribution in [0.1, 0.15) is 0 Å². The molecular weight excluding hydrogens is 246 g/mol. The average Bonchev–Trinajstić information content (AvgIpc) is 2.52. The SMILES string of the molecule is c1ccc(OCCNc2ccc3ccccc3c2)cc1. The highest BCUT2D eigenvalue weighted by Gasteiger charge is 1.96. The Labute approximate surface area is 119 Å². The van der Waals surface area contributed by atoms with Gasteiger partial charge in [0, 0.05) is 12.2 Å². The lowest BCUT2D eigenvalue weighted by molar-refractivity contribution is 0.333. The van der Waals surface area contributed by atoms with E-state index in [4.69, 9.17) is 4.74 Å². The van der Waals surface area contributed by atoms with Crippen molar-refractivity contribution < 1.29 is 4.74 Å². The first-order valence-electron chi connectivity index (χ1n) is 6.82. The van der Waals surface area contributed by atoms with Crippen LogP contribution in [0, 0.1) is 0 Å². The predicted molar refractivity (Wildman–Crippen MR) is 84.4 cm³/mol. The van der Waals surface area contributed by atoms with E-state index < -0.39 is 0 Å². The van der Waals surface area contributed by atoms with Gasteiger partial charge in [-0.1, -0.05) is 48.5 Å². The van der Waals surface area contributed by atoms with Gasteiger partial charge in [0.2, 0.25) is 0 Å². The fourth-order valence-electron chi connectivity index (χ4n) is 2.18. The number of rotatable bonds is 5. The molecule has 0 amide bonds. The van der Waals surface area contributed by atoms with Gasteiger partial charge in [-0.3, -0.25) is 0 Å². The van der Waals surface area contributed by atoms with E-state index in [1.54, 1.807) is 0 Å². The molecule has 3 aromatic carbocycles. The summed E-state index contributed by atoms with van der Waals surface area (Å²) in [5.74, 6) is 0.910. The molecule has 0 bridgehead atoms. The van der Waals surface area contributed by atoms with Crippen molar-refractivity contribution in [1.82, 2.24) is 0 Å². The van der Waals surface area contributed by atoms with Crippen LogP contribution < -0.4 is 10.1 Å². The molecule has 2 heteroatoms. The third-order valence-electron chi connectivity index (χ3n) is 3.19. The number of nitrogens with one attached hydrogen (secondary N) is 1. The maximum Gasteiger partial charge on any atom is 0.119 e. The summed E-state index contributed by atoms with van der Waals surface area (Å²) in [7, 11) is 0. The molecule has 0 aliphatic rings. The normalized spacial score (nSPS) is 10.4. The van der Waals surface area contributed by atoms with Gasteiger partial charge < -0.3 is 10.1 Å². The monoisotopic (exact) mass is 263 g/mol. The molecule has 0 saturated carbocycles. The molecule has 20 heavy (non-hydrogen) atoms. The number of hydrogen-bond acceptors (Lipinski definition) is 2. The molecule has 2 nitrogen and oxygen atoms in total. The third kappa shape index (κ3) is 3.09. The Bertz CT molecular complexity index is 679. The van der Waals surface area contributed by atoms with Gasteiger partial charge in [-0.25, -0.2) is 0 Å². The molecule has 100 valence electrons. The molecule has 0 aromatic heterocycles. The molecule has 3 rings (SSSR count). The summed E-state index contributed by atoms with van der Waals surface area (Å²) >= 11 is 0. The number of hydrogen-bond donors (Lipinski definition) is 1. The summed E-state index contributed by atoms with van der Waals surface area (Å²) in [6.45, 7) is 1.43. The van der Waals surface area contributed by atoms with Gasteiger partial charge in [0.05, 0.1) is 0 Å². The van der Waals surface area contributed by atoms with Gasteiger partial charge in [0.1, 0.15) is 12.4 Å². The first kappa shape index (κ1) is 12.5. The van der Waals surface area contributed by atoms with E-state index in [1.165, 1.54) is 10.8 Å². The molecule has 0 unspecified atom stereocenters. The lowest BCUT2D eigenvalue weighted by Gasteiger charge is -2.09. The minimum Gasteiger partial charge on any atom is -0.492 e. The molecule has 0 fully saturated rings. The van der Waals surface area contributed by atoms with Crippen molar-refractivity contribution in [2.75, 3.05) is 18.5 Å². The largest absolute Gasteiger partial charge is 0.492 e. The lowest BCUT2D eigenvalue weighted by atomic mass is 10.1. The standard InChI is InChI=1S/C18H17NO/c1-2-8-18(9-3-1)20-13-12-19-17-11-10-15-6-4-5-7-16(15)14-17/h1-11,14,19H,12-13H2. The summed E-state index contributed by atoms with van der Waals surface area (Å²) in [5.41, 5.74) is 1.13. The van der Waals surface area contributed by atoms with E-state index in [2.05, 4.69) is 47.8 Å². The Morgan fingerprint density at radius 2 is 1.50 bits per heavy atom. The summed E-state index contributed by atoms with van der Waals surface area (Å²) < 4.78 is 5.65. The van der Waals surface area contributed by atoms with Crippen molar-refractivity contribution in [3.8, 4) is 5.75 Å². The minimum absolute atomic E-state index is 0.650. The smallest absolute Gasteiger partial charge is 0.119 e. The van der Waals surface area contributed by atoms with Crippen molar-refractivity contribution in [1.29, 1.82) is 0 Å². The van der Waals surface area contributed by atoms with Gasteiger partial charge in [0.25, 0.3) is 0 Å². The van der Waals surface area contributed by atoms with Gasteiger partial charge in [-0.2, -0.15) is 0 Å². The van der Waals surface area contributed by atoms with Gasteiger partial charge in [-0.15, -0.1) is 0 Å². The number of fused-ring (bicyclic) bond motifs is 1. The summed E-state index contributed by atoms with van der Waals surface area (Å²) in [5, 5.41) is 5.90. The van der Waals surface area contributed by atoms with Crippen molar-refractivity contribution in [2.45, 2.75) is 0 Å². The van der Waals surface area contributed by atoms with E-state index >= 15 is 0 Å². The molecule has 0 spiro atoms. The predicted octanol–water partition coefficient (Wildman–Crippen LogP) is 4.33. The van der Waals surface area contributed by atoms with Crippen LogP contribution in [0.5, 0.6) is 5.75 Å². The van der Waals surface area contributed by atoms with Gasteiger partial charge in [-0.05, 0) is 35.0 Å². The van der Waals surface area contributed by atoms with E-state index in [0.29, 0.717) is 6.61 Å². The van der Waals surface area contributed by atoms with E-state index in [9.17, 15) is 0 Å². The van der Waals surface area contributed by atoms with Crippen molar-refractivity contribution in [3.05, 3.63) is 72.8 Å². The molecule has 0 saturated heterocycles. The van der Waals surface area contributed by atoms with Crippen LogP contribution in [-0.2, 0) is 0 Å². The Morgan fingerprint density at radius 3 is 2.35 bits per heavy atom. The molecule has 3 aromatic rings. The highest BCUT2D eigenvalue weighted by Crippen LogP contribution is 2.18. The second kappa shape index (κ2) is 6.11. The van der Waals surface area contributed by atoms with Crippen LogP contribution in [0.3, 0.4) is 0 Å². The molecule has 1 N–H and O–H groups in total. The van der Waals surface area contributed by atoms with Crippen LogP contribution in [0.15, 0.2) is 72.8 Å². The zero-order valence-corrected chi connectivity index (χ0v) is 11.3. The summed E-state index contributed by atoms with van der Waals surface area (Å²) in [6, 6.07) is 24.6. The molecule has 0 aliphatic heterocycles. The quantitative estimate of drug-likeness (QED) is 0.692. The fourth-order valence-corrected chi connectivity index (χ4v) is 2.18. The Kier molecular flexibility index (Phi) is 3.83. The Balaban J connectivity index is 1.55. The second-order valence-corrected chi connectivity index (χ2v) is 4.65. The molecule has 0 atom stereocenters. The van der Waals surface area contributed by atoms with Crippen molar-refractivity contribution in [3.63, 3.8) is 0 Å². The minimum atomic E-state index is 0.650.